The summed E-state index contributed by atoms with van der Waals surface area (Å²) < 4.78 is 12.9. The summed E-state index contributed by atoms with van der Waals surface area (Å²) in [6.07, 6.45) is 4.34. The molecule has 0 radical (unpaired) electrons. The largest absolute Gasteiger partial charge is 0.355 e. The molecule has 110 valence electrons. The number of carbonyl (C=O) groups excluding carboxylic acids is 2. The maximum atomic E-state index is 12.9. The second kappa shape index (κ2) is 9.07. The van der Waals surface area contributed by atoms with E-state index in [1.165, 1.54) is 18.2 Å². The topological polar surface area (TPSA) is 58.2 Å². The van der Waals surface area contributed by atoms with Crippen LogP contribution < -0.4 is 10.6 Å². The first kappa shape index (κ1) is 16.1. The fourth-order valence-corrected chi connectivity index (χ4v) is 1.73. The van der Waals surface area contributed by atoms with Crippen molar-refractivity contribution in [2.24, 2.45) is 0 Å². The molecule has 1 aromatic carbocycles. The van der Waals surface area contributed by atoms with Crippen molar-refractivity contribution in [1.82, 2.24) is 10.6 Å². The van der Waals surface area contributed by atoms with Crippen molar-refractivity contribution in [2.45, 2.75) is 32.6 Å². The average molecular weight is 280 g/mol. The van der Waals surface area contributed by atoms with E-state index in [9.17, 15) is 14.0 Å². The Morgan fingerprint density at radius 1 is 1.15 bits per heavy atom. The summed E-state index contributed by atoms with van der Waals surface area (Å²) in [7, 11) is 0. The van der Waals surface area contributed by atoms with Gasteiger partial charge in [-0.15, -0.1) is 0 Å². The Morgan fingerprint density at radius 3 is 2.65 bits per heavy atom. The number of carbonyl (C=O) groups is 2. The zero-order valence-electron chi connectivity index (χ0n) is 11.7. The number of halogens is 1. The molecular weight excluding hydrogens is 259 g/mol. The van der Waals surface area contributed by atoms with Gasteiger partial charge in [-0.25, -0.2) is 4.39 Å². The van der Waals surface area contributed by atoms with Crippen LogP contribution in [0.4, 0.5) is 4.39 Å². The molecule has 0 fully saturated rings. The van der Waals surface area contributed by atoms with Crippen LogP contribution in [0.2, 0.25) is 0 Å². The summed E-state index contributed by atoms with van der Waals surface area (Å²) >= 11 is 0. The quantitative estimate of drug-likeness (QED) is 0.718. The molecule has 5 heteroatoms. The van der Waals surface area contributed by atoms with E-state index in [0.29, 0.717) is 6.54 Å². The Kier molecular flexibility index (Phi) is 7.32. The third-order valence-corrected chi connectivity index (χ3v) is 2.85. The van der Waals surface area contributed by atoms with Crippen molar-refractivity contribution in [1.29, 1.82) is 0 Å². The van der Waals surface area contributed by atoms with Crippen LogP contribution >= 0.6 is 0 Å². The van der Waals surface area contributed by atoms with E-state index in [-0.39, 0.29) is 18.0 Å². The molecule has 20 heavy (non-hydrogen) atoms. The number of amides is 2. The van der Waals surface area contributed by atoms with Gasteiger partial charge >= 0.3 is 0 Å². The van der Waals surface area contributed by atoms with Crippen LogP contribution in [0.15, 0.2) is 24.3 Å². The van der Waals surface area contributed by atoms with E-state index >= 15 is 0 Å². The second-order valence-electron chi connectivity index (χ2n) is 4.60. The molecule has 0 saturated carbocycles. The van der Waals surface area contributed by atoms with Gasteiger partial charge in [-0.1, -0.05) is 32.3 Å². The number of hydrogen-bond donors (Lipinski definition) is 2. The highest BCUT2D eigenvalue weighted by Gasteiger charge is 2.08. The maximum absolute atomic E-state index is 12.9. The molecule has 4 nitrogen and oxygen atoms in total. The fraction of sp³-hybridized carbons (Fsp3) is 0.467. The van der Waals surface area contributed by atoms with Crippen LogP contribution in [-0.4, -0.2) is 24.9 Å². The normalized spacial score (nSPS) is 10.1. The van der Waals surface area contributed by atoms with Gasteiger partial charge in [0.1, 0.15) is 5.82 Å². The highest BCUT2D eigenvalue weighted by atomic mass is 19.1. The molecule has 0 heterocycles. The van der Waals surface area contributed by atoms with E-state index in [1.54, 1.807) is 0 Å². The standard InChI is InChI=1S/C15H21FN2O2/c1-2-3-4-5-9-17-14(19)11-18-15(20)12-7-6-8-13(16)10-12/h6-8,10H,2-5,9,11H2,1H3,(H,17,19)(H,18,20). The monoisotopic (exact) mass is 280 g/mol. The summed E-state index contributed by atoms with van der Waals surface area (Å²) in [5.41, 5.74) is 0.209. The number of unbranched alkanes of at least 4 members (excludes halogenated alkanes) is 3. The molecule has 0 aliphatic carbocycles. The van der Waals surface area contributed by atoms with Crippen LogP contribution in [0.25, 0.3) is 0 Å². The van der Waals surface area contributed by atoms with Gasteiger partial charge in [-0.3, -0.25) is 9.59 Å². The first-order chi connectivity index (χ1) is 9.63. The third-order valence-electron chi connectivity index (χ3n) is 2.85. The van der Waals surface area contributed by atoms with Gasteiger partial charge in [-0.2, -0.15) is 0 Å². The van der Waals surface area contributed by atoms with E-state index in [4.69, 9.17) is 0 Å². The fourth-order valence-electron chi connectivity index (χ4n) is 1.73. The zero-order valence-corrected chi connectivity index (χ0v) is 11.7. The Hall–Kier alpha value is -1.91. The maximum Gasteiger partial charge on any atom is 0.251 e. The highest BCUT2D eigenvalue weighted by Crippen LogP contribution is 2.02. The lowest BCUT2D eigenvalue weighted by Gasteiger charge is -2.07. The van der Waals surface area contributed by atoms with Crippen molar-refractivity contribution < 1.29 is 14.0 Å². The molecule has 0 spiro atoms. The number of benzene rings is 1. The summed E-state index contributed by atoms with van der Waals surface area (Å²) in [5, 5.41) is 5.19. The first-order valence-corrected chi connectivity index (χ1v) is 6.94. The molecule has 0 aliphatic rings. The Morgan fingerprint density at radius 2 is 1.95 bits per heavy atom. The minimum absolute atomic E-state index is 0.0941. The lowest BCUT2D eigenvalue weighted by atomic mass is 10.2. The average Bonchev–Trinajstić information content (AvgIpc) is 2.44. The van der Waals surface area contributed by atoms with Gasteiger partial charge in [0.05, 0.1) is 6.54 Å². The molecule has 0 aromatic heterocycles. The van der Waals surface area contributed by atoms with Crippen molar-refractivity contribution >= 4 is 11.8 Å². The van der Waals surface area contributed by atoms with E-state index in [2.05, 4.69) is 17.6 Å². The predicted molar refractivity (Wildman–Crippen MR) is 75.9 cm³/mol. The molecular formula is C15H21FN2O2. The van der Waals surface area contributed by atoms with Crippen molar-refractivity contribution in [2.75, 3.05) is 13.1 Å². The van der Waals surface area contributed by atoms with Gasteiger partial charge in [0.25, 0.3) is 5.91 Å². The van der Waals surface area contributed by atoms with Gasteiger partial charge in [0, 0.05) is 12.1 Å². The van der Waals surface area contributed by atoms with Crippen LogP contribution in [-0.2, 0) is 4.79 Å². The van der Waals surface area contributed by atoms with Crippen molar-refractivity contribution in [3.05, 3.63) is 35.6 Å². The summed E-state index contributed by atoms with van der Waals surface area (Å²) in [6.45, 7) is 2.65. The van der Waals surface area contributed by atoms with Crippen molar-refractivity contribution in [3.63, 3.8) is 0 Å². The van der Waals surface area contributed by atoms with Crippen LogP contribution in [0.5, 0.6) is 0 Å². The lowest BCUT2D eigenvalue weighted by molar-refractivity contribution is -0.120. The molecule has 2 N–H and O–H groups in total. The van der Waals surface area contributed by atoms with Crippen LogP contribution in [0.1, 0.15) is 43.0 Å². The summed E-state index contributed by atoms with van der Waals surface area (Å²) in [4.78, 5) is 23.1. The zero-order chi connectivity index (χ0) is 14.8. The van der Waals surface area contributed by atoms with Crippen LogP contribution in [0.3, 0.4) is 0 Å². The Balaban J connectivity index is 2.22. The van der Waals surface area contributed by atoms with Crippen molar-refractivity contribution in [3.8, 4) is 0 Å². The molecule has 0 saturated heterocycles. The summed E-state index contributed by atoms with van der Waals surface area (Å²) in [6, 6.07) is 5.36. The molecule has 1 aromatic rings. The molecule has 2 amide bonds. The third kappa shape index (κ3) is 6.31. The smallest absolute Gasteiger partial charge is 0.251 e. The first-order valence-electron chi connectivity index (χ1n) is 6.94. The predicted octanol–water partition coefficient (Wildman–Crippen LogP) is 2.25. The molecule has 0 aliphatic heterocycles. The minimum Gasteiger partial charge on any atom is -0.355 e. The molecule has 1 rings (SSSR count). The van der Waals surface area contributed by atoms with Gasteiger partial charge in [0.15, 0.2) is 0 Å². The van der Waals surface area contributed by atoms with E-state index in [1.807, 2.05) is 0 Å². The molecule has 0 atom stereocenters. The van der Waals surface area contributed by atoms with E-state index in [0.717, 1.165) is 31.7 Å². The molecule has 0 bridgehead atoms. The number of hydrogen-bond acceptors (Lipinski definition) is 2. The number of nitrogens with one attached hydrogen (secondary N) is 2. The van der Waals surface area contributed by atoms with E-state index < -0.39 is 11.7 Å². The molecule has 0 unspecified atom stereocenters. The number of rotatable bonds is 8. The van der Waals surface area contributed by atoms with Gasteiger partial charge in [0.2, 0.25) is 5.91 Å². The lowest BCUT2D eigenvalue weighted by Crippen LogP contribution is -2.37. The second-order valence-corrected chi connectivity index (χ2v) is 4.60. The summed E-state index contributed by atoms with van der Waals surface area (Å²) in [5.74, 6) is -1.16. The Bertz CT molecular complexity index is 449. The van der Waals surface area contributed by atoms with Gasteiger partial charge in [-0.05, 0) is 24.6 Å². The Labute approximate surface area is 118 Å². The van der Waals surface area contributed by atoms with Gasteiger partial charge < -0.3 is 10.6 Å². The van der Waals surface area contributed by atoms with Crippen LogP contribution in [0, 0.1) is 5.82 Å². The SMILES string of the molecule is CCCCCCNC(=O)CNC(=O)c1cccc(F)c1. The minimum atomic E-state index is -0.474. The highest BCUT2D eigenvalue weighted by molar-refractivity contribution is 5.96.